The van der Waals surface area contributed by atoms with E-state index < -0.39 is 15.9 Å². The molecule has 0 radical (unpaired) electrons. The van der Waals surface area contributed by atoms with E-state index in [0.29, 0.717) is 31.9 Å². The number of benzene rings is 2. The number of ether oxygens (including phenoxy) is 1. The van der Waals surface area contributed by atoms with Crippen LogP contribution in [-0.2, 0) is 21.2 Å². The van der Waals surface area contributed by atoms with Crippen molar-refractivity contribution in [2.45, 2.75) is 11.3 Å². The average molecular weight is 389 g/mol. The van der Waals surface area contributed by atoms with Gasteiger partial charge in [0.1, 0.15) is 0 Å². The van der Waals surface area contributed by atoms with Gasteiger partial charge in [0.15, 0.2) is 0 Å². The first kappa shape index (κ1) is 19.3. The van der Waals surface area contributed by atoms with Crippen molar-refractivity contribution in [2.24, 2.45) is 0 Å². The highest BCUT2D eigenvalue weighted by molar-refractivity contribution is 7.89. The summed E-state index contributed by atoms with van der Waals surface area (Å²) in [6.45, 7) is 1.68. The predicted molar refractivity (Wildman–Crippen MR) is 103 cm³/mol. The smallest absolute Gasteiger partial charge is 0.252 e. The SMILES string of the molecule is Nc1ccc(CCNC(=O)c2ccccc2S(=O)(=O)N2CCOCC2)cc1. The van der Waals surface area contributed by atoms with Crippen LogP contribution in [0.4, 0.5) is 5.69 Å². The molecular formula is C19H23N3O4S. The van der Waals surface area contributed by atoms with E-state index in [-0.39, 0.29) is 23.5 Å². The molecule has 0 atom stereocenters. The van der Waals surface area contributed by atoms with Crippen LogP contribution in [0.15, 0.2) is 53.4 Å². The summed E-state index contributed by atoms with van der Waals surface area (Å²) in [7, 11) is -3.74. The molecule has 0 bridgehead atoms. The van der Waals surface area contributed by atoms with Crippen molar-refractivity contribution in [1.82, 2.24) is 9.62 Å². The van der Waals surface area contributed by atoms with E-state index in [2.05, 4.69) is 5.32 Å². The van der Waals surface area contributed by atoms with Crippen LogP contribution < -0.4 is 11.1 Å². The van der Waals surface area contributed by atoms with Crippen LogP contribution in [0.5, 0.6) is 0 Å². The van der Waals surface area contributed by atoms with E-state index >= 15 is 0 Å². The first-order chi connectivity index (χ1) is 13.0. The third kappa shape index (κ3) is 4.65. The highest BCUT2D eigenvalue weighted by atomic mass is 32.2. The van der Waals surface area contributed by atoms with Crippen LogP contribution in [0, 0.1) is 0 Å². The number of rotatable bonds is 6. The maximum atomic E-state index is 12.9. The molecule has 7 nitrogen and oxygen atoms in total. The maximum absolute atomic E-state index is 12.9. The molecule has 0 unspecified atom stereocenters. The molecule has 2 aromatic carbocycles. The third-order valence-corrected chi connectivity index (χ3v) is 6.36. The van der Waals surface area contributed by atoms with Crippen LogP contribution >= 0.6 is 0 Å². The number of morpholine rings is 1. The van der Waals surface area contributed by atoms with Gasteiger partial charge in [-0.3, -0.25) is 4.79 Å². The minimum absolute atomic E-state index is 0.0249. The summed E-state index contributed by atoms with van der Waals surface area (Å²) in [4.78, 5) is 12.6. The summed E-state index contributed by atoms with van der Waals surface area (Å²) in [6.07, 6.45) is 0.629. The van der Waals surface area contributed by atoms with Crippen molar-refractivity contribution >= 4 is 21.6 Å². The molecule has 0 aromatic heterocycles. The molecule has 3 N–H and O–H groups in total. The molecule has 1 aliphatic heterocycles. The van der Waals surface area contributed by atoms with E-state index in [0.717, 1.165) is 5.56 Å². The van der Waals surface area contributed by atoms with Crippen molar-refractivity contribution < 1.29 is 17.9 Å². The highest BCUT2D eigenvalue weighted by Crippen LogP contribution is 2.21. The largest absolute Gasteiger partial charge is 0.399 e. The Morgan fingerprint density at radius 3 is 2.44 bits per heavy atom. The lowest BCUT2D eigenvalue weighted by Crippen LogP contribution is -2.41. The summed E-state index contributed by atoms with van der Waals surface area (Å²) >= 11 is 0. The number of carbonyl (C=O) groups is 1. The molecule has 8 heteroatoms. The second-order valence-corrected chi connectivity index (χ2v) is 8.17. The van der Waals surface area contributed by atoms with Crippen molar-refractivity contribution in [3.63, 3.8) is 0 Å². The zero-order valence-electron chi connectivity index (χ0n) is 14.9. The Morgan fingerprint density at radius 2 is 1.74 bits per heavy atom. The lowest BCUT2D eigenvalue weighted by Gasteiger charge is -2.26. The summed E-state index contributed by atoms with van der Waals surface area (Å²) in [5.41, 5.74) is 7.54. The van der Waals surface area contributed by atoms with Crippen molar-refractivity contribution in [3.05, 3.63) is 59.7 Å². The molecule has 144 valence electrons. The van der Waals surface area contributed by atoms with Gasteiger partial charge in [0.05, 0.1) is 23.7 Å². The molecule has 1 fully saturated rings. The predicted octanol–water partition coefficient (Wildman–Crippen LogP) is 1.26. The monoisotopic (exact) mass is 389 g/mol. The van der Waals surface area contributed by atoms with Gasteiger partial charge in [-0.2, -0.15) is 4.31 Å². The van der Waals surface area contributed by atoms with Crippen molar-refractivity contribution in [1.29, 1.82) is 0 Å². The second kappa shape index (κ2) is 8.51. The lowest BCUT2D eigenvalue weighted by atomic mass is 10.1. The molecule has 0 spiro atoms. The quantitative estimate of drug-likeness (QED) is 0.725. The Hall–Kier alpha value is -2.42. The summed E-state index contributed by atoms with van der Waals surface area (Å²) in [5.74, 6) is -0.405. The number of nitrogens with one attached hydrogen (secondary N) is 1. The van der Waals surface area contributed by atoms with Crippen LogP contribution in [0.1, 0.15) is 15.9 Å². The fourth-order valence-corrected chi connectivity index (χ4v) is 4.50. The van der Waals surface area contributed by atoms with Crippen molar-refractivity contribution in [3.8, 4) is 0 Å². The Balaban J connectivity index is 1.70. The number of carbonyl (C=O) groups excluding carboxylic acids is 1. The maximum Gasteiger partial charge on any atom is 0.252 e. The fraction of sp³-hybridized carbons (Fsp3) is 0.316. The van der Waals surface area contributed by atoms with Gasteiger partial charge in [0.2, 0.25) is 10.0 Å². The second-order valence-electron chi connectivity index (χ2n) is 6.26. The molecular weight excluding hydrogens is 366 g/mol. The average Bonchev–Trinajstić information content (AvgIpc) is 2.70. The normalized spacial score (nSPS) is 15.4. The van der Waals surface area contributed by atoms with Crippen molar-refractivity contribution in [2.75, 3.05) is 38.6 Å². The van der Waals surface area contributed by atoms with E-state index in [1.807, 2.05) is 12.1 Å². The summed E-state index contributed by atoms with van der Waals surface area (Å²) < 4.78 is 32.4. The third-order valence-electron chi connectivity index (χ3n) is 4.40. The molecule has 0 aliphatic carbocycles. The Labute approximate surface area is 159 Å². The number of anilines is 1. The molecule has 1 aliphatic rings. The van der Waals surface area contributed by atoms with Gasteiger partial charge in [0.25, 0.3) is 5.91 Å². The van der Waals surface area contributed by atoms with E-state index in [1.54, 1.807) is 24.3 Å². The first-order valence-electron chi connectivity index (χ1n) is 8.78. The molecule has 1 heterocycles. The standard InChI is InChI=1S/C19H23N3O4S/c20-16-7-5-15(6-8-16)9-10-21-19(23)17-3-1-2-4-18(17)27(24,25)22-11-13-26-14-12-22/h1-8H,9-14,20H2,(H,21,23). The molecule has 1 saturated heterocycles. The zero-order valence-corrected chi connectivity index (χ0v) is 15.7. The number of hydrogen-bond donors (Lipinski definition) is 2. The van der Waals surface area contributed by atoms with Gasteiger partial charge >= 0.3 is 0 Å². The van der Waals surface area contributed by atoms with Crippen LogP contribution in [-0.4, -0.2) is 51.5 Å². The van der Waals surface area contributed by atoms with Gasteiger partial charge < -0.3 is 15.8 Å². The lowest BCUT2D eigenvalue weighted by molar-refractivity contribution is 0.0730. The molecule has 1 amide bonds. The topological polar surface area (TPSA) is 102 Å². The van der Waals surface area contributed by atoms with E-state index in [9.17, 15) is 13.2 Å². The highest BCUT2D eigenvalue weighted by Gasteiger charge is 2.29. The van der Waals surface area contributed by atoms with Gasteiger partial charge in [-0.15, -0.1) is 0 Å². The number of sulfonamides is 1. The van der Waals surface area contributed by atoms with Gasteiger partial charge in [-0.05, 0) is 36.2 Å². The Bertz CT molecular complexity index is 891. The van der Waals surface area contributed by atoms with Gasteiger partial charge in [-0.25, -0.2) is 8.42 Å². The fourth-order valence-electron chi connectivity index (χ4n) is 2.91. The minimum Gasteiger partial charge on any atom is -0.399 e. The Kier molecular flexibility index (Phi) is 6.10. The summed E-state index contributed by atoms with van der Waals surface area (Å²) in [5, 5.41) is 2.80. The van der Waals surface area contributed by atoms with Gasteiger partial charge in [-0.1, -0.05) is 24.3 Å². The van der Waals surface area contributed by atoms with E-state index in [4.69, 9.17) is 10.5 Å². The minimum atomic E-state index is -3.74. The van der Waals surface area contributed by atoms with Gasteiger partial charge in [0, 0.05) is 25.3 Å². The van der Waals surface area contributed by atoms with E-state index in [1.165, 1.54) is 16.4 Å². The zero-order chi connectivity index (χ0) is 19.3. The molecule has 0 saturated carbocycles. The molecule has 3 rings (SSSR count). The number of nitrogens with two attached hydrogens (primary N) is 1. The number of hydrogen-bond acceptors (Lipinski definition) is 5. The first-order valence-corrected chi connectivity index (χ1v) is 10.2. The molecule has 2 aromatic rings. The number of nitrogens with zero attached hydrogens (tertiary/aromatic N) is 1. The van der Waals surface area contributed by atoms with Crippen LogP contribution in [0.2, 0.25) is 0 Å². The number of amides is 1. The number of nitrogen functional groups attached to an aromatic ring is 1. The molecule has 27 heavy (non-hydrogen) atoms. The summed E-state index contributed by atoms with van der Waals surface area (Å²) in [6, 6.07) is 13.7. The Morgan fingerprint density at radius 1 is 1.07 bits per heavy atom. The van der Waals surface area contributed by atoms with Crippen LogP contribution in [0.3, 0.4) is 0 Å². The van der Waals surface area contributed by atoms with Crippen LogP contribution in [0.25, 0.3) is 0 Å².